The molecule has 0 spiro atoms. The van der Waals surface area contributed by atoms with E-state index in [9.17, 15) is 9.90 Å². The zero-order valence-corrected chi connectivity index (χ0v) is 10.9. The molecule has 104 valence electrons. The van der Waals surface area contributed by atoms with Gasteiger partial charge in [-0.2, -0.15) is 0 Å². The van der Waals surface area contributed by atoms with Crippen molar-refractivity contribution in [2.75, 3.05) is 25.5 Å². The maximum atomic E-state index is 11.8. The van der Waals surface area contributed by atoms with Crippen molar-refractivity contribution < 1.29 is 14.6 Å². The van der Waals surface area contributed by atoms with Gasteiger partial charge in [-0.15, -0.1) is 0 Å². The topological polar surface area (TPSA) is 84.6 Å². The van der Waals surface area contributed by atoms with Gasteiger partial charge in [0.25, 0.3) is 0 Å². The van der Waals surface area contributed by atoms with Crippen LogP contribution in [0.5, 0.6) is 0 Å². The predicted octanol–water partition coefficient (Wildman–Crippen LogP) is 0.469. The smallest absolute Gasteiger partial charge is 0.224 e. The first-order valence-electron chi connectivity index (χ1n) is 6.49. The van der Waals surface area contributed by atoms with Gasteiger partial charge >= 0.3 is 0 Å². The van der Waals surface area contributed by atoms with Crippen LogP contribution in [0, 0.1) is 0 Å². The summed E-state index contributed by atoms with van der Waals surface area (Å²) in [6.45, 7) is 1.35. The summed E-state index contributed by atoms with van der Waals surface area (Å²) >= 11 is 0. The van der Waals surface area contributed by atoms with E-state index in [1.807, 2.05) is 18.2 Å². The van der Waals surface area contributed by atoms with Crippen LogP contribution in [0.15, 0.2) is 24.3 Å². The van der Waals surface area contributed by atoms with E-state index in [1.165, 1.54) is 0 Å². The summed E-state index contributed by atoms with van der Waals surface area (Å²) in [7, 11) is 0. The Morgan fingerprint density at radius 1 is 1.37 bits per heavy atom. The van der Waals surface area contributed by atoms with Crippen molar-refractivity contribution in [2.45, 2.75) is 24.9 Å². The molecule has 0 aliphatic carbocycles. The lowest BCUT2D eigenvalue weighted by Gasteiger charge is -2.32. The molecule has 0 atom stereocenters. The quantitative estimate of drug-likeness (QED) is 0.690. The Bertz CT molecular complexity index is 442. The third-order valence-electron chi connectivity index (χ3n) is 3.44. The number of aliphatic hydroxyl groups is 1. The molecule has 1 aromatic carbocycles. The zero-order valence-electron chi connectivity index (χ0n) is 10.9. The van der Waals surface area contributed by atoms with E-state index in [1.54, 1.807) is 6.07 Å². The first kappa shape index (κ1) is 13.8. The average Bonchev–Trinajstić information content (AvgIpc) is 2.40. The normalized spacial score (nSPS) is 17.9. The van der Waals surface area contributed by atoms with E-state index in [0.29, 0.717) is 31.7 Å². The largest absolute Gasteiger partial charge is 0.398 e. The third kappa shape index (κ3) is 3.94. The number of carbonyl (C=O) groups is 1. The number of nitrogens with two attached hydrogens (primary N) is 1. The maximum Gasteiger partial charge on any atom is 0.224 e. The Morgan fingerprint density at radius 3 is 2.74 bits per heavy atom. The van der Waals surface area contributed by atoms with Crippen LogP contribution in [-0.4, -0.2) is 36.4 Å². The molecule has 5 nitrogen and oxygen atoms in total. The summed E-state index contributed by atoms with van der Waals surface area (Å²) in [5, 5.41) is 13.0. The van der Waals surface area contributed by atoms with Gasteiger partial charge in [0, 0.05) is 38.3 Å². The van der Waals surface area contributed by atoms with Gasteiger partial charge in [-0.3, -0.25) is 4.79 Å². The van der Waals surface area contributed by atoms with Crippen LogP contribution in [0.4, 0.5) is 5.69 Å². The van der Waals surface area contributed by atoms with Gasteiger partial charge in [0.15, 0.2) is 0 Å². The molecule has 1 aromatic rings. The van der Waals surface area contributed by atoms with Crippen molar-refractivity contribution in [1.29, 1.82) is 0 Å². The number of carbonyl (C=O) groups excluding carboxylic acids is 1. The summed E-state index contributed by atoms with van der Waals surface area (Å²) in [4.78, 5) is 11.8. The molecule has 1 heterocycles. The molecule has 19 heavy (non-hydrogen) atoms. The van der Waals surface area contributed by atoms with Gasteiger partial charge in [0.2, 0.25) is 5.91 Å². The number of amides is 1. The number of benzene rings is 1. The average molecular weight is 264 g/mol. The first-order chi connectivity index (χ1) is 9.09. The molecule has 2 rings (SSSR count). The second kappa shape index (κ2) is 6.04. The van der Waals surface area contributed by atoms with Crippen LogP contribution in [0.2, 0.25) is 0 Å². The lowest BCUT2D eigenvalue weighted by atomic mass is 9.94. The second-order valence-corrected chi connectivity index (χ2v) is 4.99. The number of para-hydroxylation sites is 1. The van der Waals surface area contributed by atoms with E-state index in [4.69, 9.17) is 10.5 Å². The summed E-state index contributed by atoms with van der Waals surface area (Å²) in [6.07, 6.45) is 1.35. The monoisotopic (exact) mass is 264 g/mol. The molecule has 1 saturated heterocycles. The minimum Gasteiger partial charge on any atom is -0.398 e. The van der Waals surface area contributed by atoms with Crippen LogP contribution in [-0.2, 0) is 16.0 Å². The van der Waals surface area contributed by atoms with E-state index >= 15 is 0 Å². The summed E-state index contributed by atoms with van der Waals surface area (Å²) in [5.74, 6) is -0.127. The van der Waals surface area contributed by atoms with E-state index < -0.39 is 5.60 Å². The van der Waals surface area contributed by atoms with Gasteiger partial charge in [0.05, 0.1) is 12.0 Å². The molecule has 0 saturated carbocycles. The molecule has 5 heteroatoms. The van der Waals surface area contributed by atoms with Crippen LogP contribution in [0.3, 0.4) is 0 Å². The highest BCUT2D eigenvalue weighted by Gasteiger charge is 2.30. The number of anilines is 1. The van der Waals surface area contributed by atoms with Crippen LogP contribution in [0.25, 0.3) is 0 Å². The Kier molecular flexibility index (Phi) is 4.39. The second-order valence-electron chi connectivity index (χ2n) is 4.99. The molecule has 0 radical (unpaired) electrons. The summed E-state index contributed by atoms with van der Waals surface area (Å²) in [5.41, 5.74) is 6.37. The Balaban J connectivity index is 1.83. The predicted molar refractivity (Wildman–Crippen MR) is 72.6 cm³/mol. The van der Waals surface area contributed by atoms with E-state index in [0.717, 1.165) is 5.56 Å². The number of hydrogen-bond acceptors (Lipinski definition) is 4. The first-order valence-corrected chi connectivity index (χ1v) is 6.49. The molecule has 1 aliphatic heterocycles. The van der Waals surface area contributed by atoms with Gasteiger partial charge < -0.3 is 20.9 Å². The Morgan fingerprint density at radius 2 is 2.05 bits per heavy atom. The van der Waals surface area contributed by atoms with Crippen molar-refractivity contribution in [3.63, 3.8) is 0 Å². The van der Waals surface area contributed by atoms with Crippen molar-refractivity contribution in [3.8, 4) is 0 Å². The minimum absolute atomic E-state index is 0.127. The number of hydrogen-bond donors (Lipinski definition) is 3. The lowest BCUT2D eigenvalue weighted by molar-refractivity contribution is -0.123. The van der Waals surface area contributed by atoms with Crippen molar-refractivity contribution in [3.05, 3.63) is 29.8 Å². The standard InChI is InChI=1S/C14H20N2O3/c15-12-4-2-1-3-11(12)9-13(17)16-10-14(18)5-7-19-8-6-14/h1-4,18H,5-10,15H2,(H,16,17). The van der Waals surface area contributed by atoms with Crippen molar-refractivity contribution in [1.82, 2.24) is 5.32 Å². The summed E-state index contributed by atoms with van der Waals surface area (Å²) in [6, 6.07) is 7.29. The highest BCUT2D eigenvalue weighted by Crippen LogP contribution is 2.19. The highest BCUT2D eigenvalue weighted by molar-refractivity contribution is 5.80. The fourth-order valence-electron chi connectivity index (χ4n) is 2.12. The van der Waals surface area contributed by atoms with Gasteiger partial charge in [-0.05, 0) is 11.6 Å². The maximum absolute atomic E-state index is 11.8. The van der Waals surface area contributed by atoms with Gasteiger partial charge in [-0.25, -0.2) is 0 Å². The van der Waals surface area contributed by atoms with Gasteiger partial charge in [-0.1, -0.05) is 18.2 Å². The van der Waals surface area contributed by atoms with Crippen molar-refractivity contribution >= 4 is 11.6 Å². The minimum atomic E-state index is -0.837. The molecule has 0 unspecified atom stereocenters. The number of nitrogens with one attached hydrogen (secondary N) is 1. The highest BCUT2D eigenvalue weighted by atomic mass is 16.5. The van der Waals surface area contributed by atoms with E-state index in [2.05, 4.69) is 5.32 Å². The number of ether oxygens (including phenoxy) is 1. The van der Waals surface area contributed by atoms with Crippen LogP contribution >= 0.6 is 0 Å². The Labute approximate surface area is 112 Å². The molecule has 1 aliphatic rings. The molecule has 0 aromatic heterocycles. The number of rotatable bonds is 4. The van der Waals surface area contributed by atoms with E-state index in [-0.39, 0.29) is 18.9 Å². The fourth-order valence-corrected chi connectivity index (χ4v) is 2.12. The SMILES string of the molecule is Nc1ccccc1CC(=O)NCC1(O)CCOCC1. The van der Waals surface area contributed by atoms with Crippen LogP contribution in [0.1, 0.15) is 18.4 Å². The lowest BCUT2D eigenvalue weighted by Crippen LogP contribution is -2.47. The Hall–Kier alpha value is -1.59. The molecular formula is C14H20N2O3. The molecular weight excluding hydrogens is 244 g/mol. The molecule has 1 amide bonds. The molecule has 1 fully saturated rings. The third-order valence-corrected chi connectivity index (χ3v) is 3.44. The van der Waals surface area contributed by atoms with Crippen LogP contribution < -0.4 is 11.1 Å². The molecule has 4 N–H and O–H groups in total. The number of nitrogen functional groups attached to an aromatic ring is 1. The zero-order chi connectivity index (χ0) is 13.7. The fraction of sp³-hybridized carbons (Fsp3) is 0.500. The molecule has 0 bridgehead atoms. The van der Waals surface area contributed by atoms with Crippen molar-refractivity contribution in [2.24, 2.45) is 0 Å². The van der Waals surface area contributed by atoms with Gasteiger partial charge in [0.1, 0.15) is 0 Å². The summed E-state index contributed by atoms with van der Waals surface area (Å²) < 4.78 is 5.19.